The summed E-state index contributed by atoms with van der Waals surface area (Å²) in [5, 5.41) is 12.3. The Hall–Kier alpha value is -3.46. The maximum atomic E-state index is 13.2. The van der Waals surface area contributed by atoms with Gasteiger partial charge in [-0.2, -0.15) is 0 Å². The van der Waals surface area contributed by atoms with Gasteiger partial charge in [-0.1, -0.05) is 29.0 Å². The molecule has 0 saturated carbocycles. The molecule has 2 heterocycles. The molecule has 1 aliphatic rings. The number of hydrogen-bond acceptors (Lipinski definition) is 7. The molecule has 0 aliphatic carbocycles. The van der Waals surface area contributed by atoms with E-state index >= 15 is 0 Å². The molecule has 1 aromatic heterocycles. The highest BCUT2D eigenvalue weighted by Crippen LogP contribution is 2.32. The van der Waals surface area contributed by atoms with E-state index in [0.717, 1.165) is 23.4 Å². The number of carbonyl (C=O) groups is 2. The number of aromatic nitrogens is 2. The monoisotopic (exact) mass is 466 g/mol. The molecule has 0 radical (unpaired) electrons. The van der Waals surface area contributed by atoms with Crippen molar-refractivity contribution in [2.45, 2.75) is 25.7 Å². The lowest BCUT2D eigenvalue weighted by atomic mass is 9.98. The zero-order chi connectivity index (χ0) is 23.4. The topological polar surface area (TPSA) is 93.7 Å². The van der Waals surface area contributed by atoms with Crippen LogP contribution in [0, 0.1) is 6.92 Å². The average Bonchev–Trinajstić information content (AvgIpc) is 3.35. The summed E-state index contributed by atoms with van der Waals surface area (Å²) in [4.78, 5) is 27.6. The highest BCUT2D eigenvalue weighted by Gasteiger charge is 2.30. The Labute approximate surface area is 196 Å². The summed E-state index contributed by atoms with van der Waals surface area (Å²) in [6, 6.07) is 12.8. The third-order valence-corrected chi connectivity index (χ3v) is 6.73. The van der Waals surface area contributed by atoms with Crippen LogP contribution in [0.5, 0.6) is 11.5 Å². The summed E-state index contributed by atoms with van der Waals surface area (Å²) < 4.78 is 10.6. The molecule has 1 fully saturated rings. The van der Waals surface area contributed by atoms with E-state index < -0.39 is 0 Å². The Kier molecular flexibility index (Phi) is 6.88. The maximum Gasteiger partial charge on any atom is 0.286 e. The van der Waals surface area contributed by atoms with Crippen LogP contribution in [0.2, 0.25) is 0 Å². The fourth-order valence-electron chi connectivity index (χ4n) is 3.82. The first kappa shape index (κ1) is 22.7. The minimum Gasteiger partial charge on any atom is -0.497 e. The Balaban J connectivity index is 1.45. The van der Waals surface area contributed by atoms with E-state index in [1.807, 2.05) is 36.1 Å². The van der Waals surface area contributed by atoms with Crippen molar-refractivity contribution in [1.29, 1.82) is 0 Å². The van der Waals surface area contributed by atoms with Crippen LogP contribution in [0.1, 0.15) is 49.5 Å². The fourth-order valence-corrected chi connectivity index (χ4v) is 4.69. The van der Waals surface area contributed by atoms with Gasteiger partial charge in [-0.25, -0.2) is 0 Å². The number of rotatable bonds is 6. The zero-order valence-electron chi connectivity index (χ0n) is 18.8. The van der Waals surface area contributed by atoms with Crippen molar-refractivity contribution < 1.29 is 19.1 Å². The lowest BCUT2D eigenvalue weighted by Gasteiger charge is -2.32. The molecule has 2 amide bonds. The third kappa shape index (κ3) is 5.14. The van der Waals surface area contributed by atoms with Crippen molar-refractivity contribution in [3.8, 4) is 11.5 Å². The Bertz CT molecular complexity index is 1150. The Morgan fingerprint density at radius 3 is 2.61 bits per heavy atom. The molecular formula is C24H26N4O4S. The maximum absolute atomic E-state index is 13.2. The molecule has 0 spiro atoms. The van der Waals surface area contributed by atoms with Gasteiger partial charge >= 0.3 is 0 Å². The first-order chi connectivity index (χ1) is 16.0. The van der Waals surface area contributed by atoms with E-state index in [1.165, 1.54) is 18.4 Å². The van der Waals surface area contributed by atoms with Gasteiger partial charge < -0.3 is 19.7 Å². The van der Waals surface area contributed by atoms with Crippen LogP contribution in [0.3, 0.4) is 0 Å². The van der Waals surface area contributed by atoms with E-state index in [9.17, 15) is 9.59 Å². The summed E-state index contributed by atoms with van der Waals surface area (Å²) in [5.74, 6) is 0.762. The van der Waals surface area contributed by atoms with E-state index in [2.05, 4.69) is 15.5 Å². The molecule has 1 N–H and O–H groups in total. The van der Waals surface area contributed by atoms with E-state index in [-0.39, 0.29) is 17.7 Å². The number of amides is 2. The van der Waals surface area contributed by atoms with Crippen LogP contribution in [-0.2, 0) is 0 Å². The van der Waals surface area contributed by atoms with Gasteiger partial charge in [-0.3, -0.25) is 9.59 Å². The van der Waals surface area contributed by atoms with Crippen LogP contribution < -0.4 is 14.8 Å². The molecule has 9 heteroatoms. The molecule has 1 atom stereocenters. The normalized spacial score (nSPS) is 15.7. The average molecular weight is 467 g/mol. The number of nitrogens with one attached hydrogen (secondary N) is 1. The number of benzene rings is 2. The molecule has 1 aliphatic heterocycles. The number of aryl methyl sites for hydroxylation is 1. The number of nitrogens with zero attached hydrogens (tertiary/aromatic N) is 3. The Morgan fingerprint density at radius 1 is 1.09 bits per heavy atom. The third-order valence-electron chi connectivity index (χ3n) is 5.64. The SMILES string of the molecule is COc1ccc(C(=O)N2CCC[C@H](c3nnc(C(=O)Nc4ccc(C)cc4)s3)C2)c(OC)c1. The number of methoxy groups -OCH3 is 2. The molecule has 4 rings (SSSR count). The van der Waals surface area contributed by atoms with E-state index in [1.54, 1.807) is 25.3 Å². The van der Waals surface area contributed by atoms with Crippen LogP contribution >= 0.6 is 11.3 Å². The quantitative estimate of drug-likeness (QED) is 0.587. The predicted molar refractivity (Wildman–Crippen MR) is 126 cm³/mol. The molecular weight excluding hydrogens is 440 g/mol. The second-order valence-electron chi connectivity index (χ2n) is 7.92. The molecule has 3 aromatic rings. The second-order valence-corrected chi connectivity index (χ2v) is 8.93. The van der Waals surface area contributed by atoms with Gasteiger partial charge in [0.15, 0.2) is 0 Å². The van der Waals surface area contributed by atoms with Crippen LogP contribution in [0.15, 0.2) is 42.5 Å². The minimum atomic E-state index is -0.283. The number of carbonyl (C=O) groups excluding carboxylic acids is 2. The Morgan fingerprint density at radius 2 is 1.88 bits per heavy atom. The first-order valence-corrected chi connectivity index (χ1v) is 11.5. The van der Waals surface area contributed by atoms with Gasteiger partial charge in [0, 0.05) is 30.8 Å². The van der Waals surface area contributed by atoms with Crippen LogP contribution in [0.4, 0.5) is 5.69 Å². The number of piperidine rings is 1. The largest absolute Gasteiger partial charge is 0.497 e. The van der Waals surface area contributed by atoms with Gasteiger partial charge in [0.05, 0.1) is 19.8 Å². The number of hydrogen-bond donors (Lipinski definition) is 1. The molecule has 8 nitrogen and oxygen atoms in total. The van der Waals surface area contributed by atoms with Gasteiger partial charge in [-0.05, 0) is 44.0 Å². The fraction of sp³-hybridized carbons (Fsp3) is 0.333. The highest BCUT2D eigenvalue weighted by molar-refractivity contribution is 7.13. The number of ether oxygens (including phenoxy) is 2. The summed E-state index contributed by atoms with van der Waals surface area (Å²) in [7, 11) is 3.11. The standard InChI is InChI=1S/C24H26N4O4S/c1-15-6-8-17(9-7-15)25-21(29)23-27-26-22(33-23)16-5-4-12-28(14-16)24(30)19-11-10-18(31-2)13-20(19)32-3/h6-11,13,16H,4-5,12,14H2,1-3H3,(H,25,29)/t16-/m0/s1. The zero-order valence-corrected chi connectivity index (χ0v) is 19.6. The summed E-state index contributed by atoms with van der Waals surface area (Å²) in [5.41, 5.74) is 2.33. The van der Waals surface area contributed by atoms with Crippen molar-refractivity contribution in [2.75, 3.05) is 32.6 Å². The van der Waals surface area contributed by atoms with E-state index in [4.69, 9.17) is 9.47 Å². The lowest BCUT2D eigenvalue weighted by molar-refractivity contribution is 0.0703. The van der Waals surface area contributed by atoms with Crippen molar-refractivity contribution >= 4 is 28.8 Å². The second kappa shape index (κ2) is 9.99. The van der Waals surface area contributed by atoms with Crippen molar-refractivity contribution in [3.05, 3.63) is 63.6 Å². The van der Waals surface area contributed by atoms with Crippen LogP contribution in [-0.4, -0.2) is 54.2 Å². The minimum absolute atomic E-state index is 0.0327. The van der Waals surface area contributed by atoms with Gasteiger partial charge in [0.1, 0.15) is 16.5 Å². The summed E-state index contributed by atoms with van der Waals surface area (Å²) in [6.07, 6.45) is 1.73. The van der Waals surface area contributed by atoms with Crippen LogP contribution in [0.25, 0.3) is 0 Å². The molecule has 0 unspecified atom stereocenters. The van der Waals surface area contributed by atoms with Crippen molar-refractivity contribution in [2.24, 2.45) is 0 Å². The lowest BCUT2D eigenvalue weighted by Crippen LogP contribution is -2.39. The van der Waals surface area contributed by atoms with Crippen molar-refractivity contribution in [3.63, 3.8) is 0 Å². The number of likely N-dealkylation sites (tertiary alicyclic amines) is 1. The van der Waals surface area contributed by atoms with Gasteiger partial charge in [0.2, 0.25) is 5.01 Å². The number of anilines is 1. The summed E-state index contributed by atoms with van der Waals surface area (Å²) in [6.45, 7) is 3.16. The molecule has 0 bridgehead atoms. The highest BCUT2D eigenvalue weighted by atomic mass is 32.1. The van der Waals surface area contributed by atoms with Gasteiger partial charge in [0.25, 0.3) is 11.8 Å². The predicted octanol–water partition coefficient (Wildman–Crippen LogP) is 4.14. The molecule has 2 aromatic carbocycles. The molecule has 172 valence electrons. The molecule has 33 heavy (non-hydrogen) atoms. The van der Waals surface area contributed by atoms with E-state index in [0.29, 0.717) is 40.8 Å². The molecule has 1 saturated heterocycles. The van der Waals surface area contributed by atoms with Gasteiger partial charge in [-0.15, -0.1) is 10.2 Å². The smallest absolute Gasteiger partial charge is 0.286 e. The first-order valence-electron chi connectivity index (χ1n) is 10.7. The summed E-state index contributed by atoms with van der Waals surface area (Å²) >= 11 is 1.28. The van der Waals surface area contributed by atoms with Crippen molar-refractivity contribution in [1.82, 2.24) is 15.1 Å².